The van der Waals surface area contributed by atoms with Crippen molar-refractivity contribution in [2.24, 2.45) is 0 Å². The van der Waals surface area contributed by atoms with Crippen LogP contribution >= 0.6 is 34.8 Å². The van der Waals surface area contributed by atoms with Gasteiger partial charge in [0, 0.05) is 20.6 Å². The maximum absolute atomic E-state index is 12.5. The Morgan fingerprint density at radius 3 is 2.38 bits per heavy atom. The monoisotopic (exact) mass is 337 g/mol. The summed E-state index contributed by atoms with van der Waals surface area (Å²) in [6.45, 7) is 1.83. The molecule has 1 atom stereocenters. The fraction of sp³-hybridized carbons (Fsp3) is 0.125. The van der Waals surface area contributed by atoms with Crippen molar-refractivity contribution in [3.63, 3.8) is 0 Å². The molecule has 2 aromatic carbocycles. The topological polar surface area (TPSA) is 40.9 Å². The molecule has 0 bridgehead atoms. The van der Waals surface area contributed by atoms with Crippen molar-refractivity contribution in [2.75, 3.05) is 0 Å². The number of nitrogens with zero attached hydrogens (tertiary/aromatic N) is 1. The Morgan fingerprint density at radius 1 is 1.10 bits per heavy atom. The van der Waals surface area contributed by atoms with Gasteiger partial charge in [0.2, 0.25) is 0 Å². The zero-order valence-corrected chi connectivity index (χ0v) is 13.3. The lowest BCUT2D eigenvalue weighted by Gasteiger charge is -2.11. The first-order chi connectivity index (χ1) is 9.92. The third-order valence-corrected chi connectivity index (χ3v) is 3.77. The molecule has 5 heteroatoms. The van der Waals surface area contributed by atoms with E-state index in [0.717, 1.165) is 5.56 Å². The standard InChI is InChI=1S/C16H10Cl3NO/c1-9-4-10(6-12(18)5-9)16(21)14(8-20)13-3-2-11(17)7-15(13)19/h2-7,14H,1H3. The Morgan fingerprint density at radius 2 is 1.81 bits per heavy atom. The first kappa shape index (κ1) is 15.9. The maximum Gasteiger partial charge on any atom is 0.184 e. The highest BCUT2D eigenvalue weighted by Gasteiger charge is 2.24. The van der Waals surface area contributed by atoms with Crippen LogP contribution in [0.4, 0.5) is 0 Å². The Hall–Kier alpha value is -1.53. The molecule has 0 N–H and O–H groups in total. The van der Waals surface area contributed by atoms with Crippen LogP contribution in [0.25, 0.3) is 0 Å². The Balaban J connectivity index is 2.46. The third-order valence-electron chi connectivity index (χ3n) is 2.99. The summed E-state index contributed by atoms with van der Waals surface area (Å²) in [7, 11) is 0. The van der Waals surface area contributed by atoms with Gasteiger partial charge in [-0.3, -0.25) is 4.79 Å². The average Bonchev–Trinajstić information content (AvgIpc) is 2.40. The van der Waals surface area contributed by atoms with Gasteiger partial charge in [-0.15, -0.1) is 0 Å². The molecule has 1 unspecified atom stereocenters. The lowest BCUT2D eigenvalue weighted by atomic mass is 9.91. The van der Waals surface area contributed by atoms with Gasteiger partial charge in [-0.1, -0.05) is 40.9 Å². The fourth-order valence-corrected chi connectivity index (χ4v) is 2.86. The molecule has 0 aliphatic heterocycles. The van der Waals surface area contributed by atoms with E-state index < -0.39 is 5.92 Å². The first-order valence-corrected chi connectivity index (χ1v) is 7.21. The molecule has 0 radical (unpaired) electrons. The second-order valence-corrected chi connectivity index (χ2v) is 5.89. The molecular weight excluding hydrogens is 329 g/mol. The lowest BCUT2D eigenvalue weighted by Crippen LogP contribution is -2.12. The molecule has 0 spiro atoms. The van der Waals surface area contributed by atoms with E-state index in [4.69, 9.17) is 34.8 Å². The zero-order chi connectivity index (χ0) is 15.6. The summed E-state index contributed by atoms with van der Waals surface area (Å²) < 4.78 is 0. The van der Waals surface area contributed by atoms with Crippen LogP contribution in [-0.4, -0.2) is 5.78 Å². The fourth-order valence-electron chi connectivity index (χ4n) is 2.05. The van der Waals surface area contributed by atoms with Gasteiger partial charge in [-0.2, -0.15) is 5.26 Å². The van der Waals surface area contributed by atoms with E-state index in [1.807, 2.05) is 13.0 Å². The Kier molecular flexibility index (Phi) is 4.90. The van der Waals surface area contributed by atoms with Crippen molar-refractivity contribution in [3.05, 3.63) is 68.2 Å². The summed E-state index contributed by atoms with van der Waals surface area (Å²) >= 11 is 17.9. The van der Waals surface area contributed by atoms with E-state index in [0.29, 0.717) is 26.2 Å². The van der Waals surface area contributed by atoms with E-state index >= 15 is 0 Å². The van der Waals surface area contributed by atoms with E-state index in [1.165, 1.54) is 6.07 Å². The molecule has 0 saturated carbocycles. The number of hydrogen-bond donors (Lipinski definition) is 0. The van der Waals surface area contributed by atoms with Gasteiger partial charge in [0.05, 0.1) is 6.07 Å². The highest BCUT2D eigenvalue weighted by Crippen LogP contribution is 2.30. The van der Waals surface area contributed by atoms with Gasteiger partial charge in [0.25, 0.3) is 0 Å². The van der Waals surface area contributed by atoms with Crippen LogP contribution < -0.4 is 0 Å². The van der Waals surface area contributed by atoms with Crippen LogP contribution in [-0.2, 0) is 0 Å². The molecule has 0 heterocycles. The number of rotatable bonds is 3. The number of Topliss-reactive ketones (excluding diaryl/α,β-unsaturated/α-hetero) is 1. The van der Waals surface area contributed by atoms with Gasteiger partial charge in [-0.25, -0.2) is 0 Å². The minimum Gasteiger partial charge on any atom is -0.292 e. The molecule has 0 saturated heterocycles. The predicted molar refractivity (Wildman–Crippen MR) is 85.3 cm³/mol. The Labute approximate surface area is 137 Å². The number of carbonyl (C=O) groups is 1. The summed E-state index contributed by atoms with van der Waals surface area (Å²) in [6.07, 6.45) is 0. The van der Waals surface area contributed by atoms with Crippen molar-refractivity contribution < 1.29 is 4.79 Å². The van der Waals surface area contributed by atoms with Crippen LogP contribution in [0.1, 0.15) is 27.4 Å². The number of halogens is 3. The minimum atomic E-state index is -0.993. The van der Waals surface area contributed by atoms with Gasteiger partial charge >= 0.3 is 0 Å². The lowest BCUT2D eigenvalue weighted by molar-refractivity contribution is 0.0979. The van der Waals surface area contributed by atoms with E-state index in [9.17, 15) is 10.1 Å². The molecule has 0 aliphatic carbocycles. The molecule has 0 amide bonds. The minimum absolute atomic E-state index is 0.293. The molecule has 0 fully saturated rings. The van der Waals surface area contributed by atoms with Gasteiger partial charge < -0.3 is 0 Å². The van der Waals surface area contributed by atoms with Crippen molar-refractivity contribution in [3.8, 4) is 6.07 Å². The second kappa shape index (κ2) is 6.49. The largest absolute Gasteiger partial charge is 0.292 e. The summed E-state index contributed by atoms with van der Waals surface area (Å²) in [4.78, 5) is 12.5. The molecular formula is C16H10Cl3NO. The number of nitriles is 1. The SMILES string of the molecule is Cc1cc(Cl)cc(C(=O)C(C#N)c2ccc(Cl)cc2Cl)c1. The average molecular weight is 339 g/mol. The van der Waals surface area contributed by atoms with Crippen LogP contribution in [0, 0.1) is 18.3 Å². The summed E-state index contributed by atoms with van der Waals surface area (Å²) in [5.74, 6) is -1.33. The van der Waals surface area contributed by atoms with Crippen LogP contribution in [0.2, 0.25) is 15.1 Å². The van der Waals surface area contributed by atoms with Crippen molar-refractivity contribution in [1.82, 2.24) is 0 Å². The number of hydrogen-bond acceptors (Lipinski definition) is 2. The normalized spacial score (nSPS) is 11.8. The Bertz CT molecular complexity index is 729. The van der Waals surface area contributed by atoms with E-state index in [1.54, 1.807) is 30.3 Å². The number of carbonyl (C=O) groups excluding carboxylic acids is 1. The summed E-state index contributed by atoms with van der Waals surface area (Å²) in [5, 5.41) is 10.5. The molecule has 21 heavy (non-hydrogen) atoms. The van der Waals surface area contributed by atoms with Gasteiger partial charge in [-0.05, 0) is 48.4 Å². The highest BCUT2D eigenvalue weighted by molar-refractivity contribution is 6.35. The molecule has 0 aliphatic rings. The van der Waals surface area contributed by atoms with E-state index in [2.05, 4.69) is 0 Å². The number of aryl methyl sites for hydroxylation is 1. The maximum atomic E-state index is 12.5. The summed E-state index contributed by atoms with van der Waals surface area (Å²) in [5.41, 5.74) is 1.67. The van der Waals surface area contributed by atoms with E-state index in [-0.39, 0.29) is 5.78 Å². The first-order valence-electron chi connectivity index (χ1n) is 6.08. The molecule has 2 nitrogen and oxygen atoms in total. The molecule has 106 valence electrons. The smallest absolute Gasteiger partial charge is 0.184 e. The van der Waals surface area contributed by atoms with Crippen molar-refractivity contribution in [2.45, 2.75) is 12.8 Å². The van der Waals surface area contributed by atoms with Crippen LogP contribution in [0.15, 0.2) is 36.4 Å². The van der Waals surface area contributed by atoms with Gasteiger partial charge in [0.1, 0.15) is 5.92 Å². The summed E-state index contributed by atoms with van der Waals surface area (Å²) in [6, 6.07) is 11.7. The van der Waals surface area contributed by atoms with Crippen LogP contribution in [0.5, 0.6) is 0 Å². The van der Waals surface area contributed by atoms with Crippen molar-refractivity contribution >= 4 is 40.6 Å². The van der Waals surface area contributed by atoms with Crippen LogP contribution in [0.3, 0.4) is 0 Å². The van der Waals surface area contributed by atoms with Crippen molar-refractivity contribution in [1.29, 1.82) is 5.26 Å². The molecule has 2 rings (SSSR count). The molecule has 2 aromatic rings. The number of benzene rings is 2. The third kappa shape index (κ3) is 3.57. The second-order valence-electron chi connectivity index (χ2n) is 4.61. The molecule has 0 aromatic heterocycles. The highest BCUT2D eigenvalue weighted by atomic mass is 35.5. The zero-order valence-electron chi connectivity index (χ0n) is 11.0. The van der Waals surface area contributed by atoms with Gasteiger partial charge in [0.15, 0.2) is 5.78 Å². The predicted octanol–water partition coefficient (Wildman–Crippen LogP) is 5.45. The number of ketones is 1. The quantitative estimate of drug-likeness (QED) is 0.699.